The van der Waals surface area contributed by atoms with Crippen molar-refractivity contribution in [3.63, 3.8) is 0 Å². The lowest BCUT2D eigenvalue weighted by Gasteiger charge is -1.99. The largest absolute Gasteiger partial charge is 0.352 e. The summed E-state index contributed by atoms with van der Waals surface area (Å²) in [4.78, 5) is 0. The quantitative estimate of drug-likeness (QED) is 0.571. The second kappa shape index (κ2) is 8.17. The van der Waals surface area contributed by atoms with Crippen molar-refractivity contribution in [2.45, 2.75) is 39.5 Å². The number of nitrogens with one attached hydrogen (secondary N) is 2. The number of rotatable bonds is 6. The topological polar surface area (TPSA) is 34.0 Å². The molecule has 0 saturated heterocycles. The van der Waals surface area contributed by atoms with E-state index in [0.29, 0.717) is 0 Å². The highest BCUT2D eigenvalue weighted by molar-refractivity contribution is 5.89. The van der Waals surface area contributed by atoms with Gasteiger partial charge in [-0.1, -0.05) is 38.8 Å². The van der Waals surface area contributed by atoms with Crippen LogP contribution in [0.1, 0.15) is 39.5 Å². The molecule has 90 valence electrons. The summed E-state index contributed by atoms with van der Waals surface area (Å²) in [5.41, 5.74) is 2.56. The van der Waals surface area contributed by atoms with Gasteiger partial charge in [-0.15, -0.1) is 0 Å². The molecule has 0 unspecified atom stereocenters. The van der Waals surface area contributed by atoms with Gasteiger partial charge in [0.1, 0.15) is 0 Å². The average Bonchev–Trinajstić information content (AvgIpc) is 3.09. The number of unbranched alkanes of at least 4 members (excludes halogenated alkanes) is 2. The number of hydrogen-bond donors (Lipinski definition) is 2. The lowest BCUT2D eigenvalue weighted by Crippen LogP contribution is -2.15. The Morgan fingerprint density at radius 2 is 1.44 bits per heavy atom. The van der Waals surface area contributed by atoms with Gasteiger partial charge in [0.25, 0.3) is 0 Å². The molecule has 0 atom stereocenters. The zero-order chi connectivity index (χ0) is 11.6. The van der Waals surface area contributed by atoms with Crippen molar-refractivity contribution in [1.82, 2.24) is 5.32 Å². The third kappa shape index (κ3) is 5.76. The Labute approximate surface area is 99.5 Å². The highest BCUT2D eigenvalue weighted by Gasteiger charge is 2.10. The van der Waals surface area contributed by atoms with Crippen molar-refractivity contribution in [3.8, 4) is 0 Å². The summed E-state index contributed by atoms with van der Waals surface area (Å²) in [6, 6.07) is 8.18. The zero-order valence-electron chi connectivity index (χ0n) is 10.6. The van der Waals surface area contributed by atoms with E-state index in [0.717, 1.165) is 0 Å². The molecule has 0 fully saturated rings. The fourth-order valence-corrected chi connectivity index (χ4v) is 1.41. The fourth-order valence-electron chi connectivity index (χ4n) is 1.41. The third-order valence-electron chi connectivity index (χ3n) is 2.55. The molecule has 0 radical (unpaired) electrons. The summed E-state index contributed by atoms with van der Waals surface area (Å²) in [5.74, 6) is 0. The second-order valence-electron chi connectivity index (χ2n) is 4.13. The standard InChI is InChI=1S/C8H19N.C6H5N/c1-3-5-7-9-8-6-4-2;1-2-4-6-5(3-1)7-6/h9H,3-8H2,1-2H3;1-4,7H. The van der Waals surface area contributed by atoms with Crippen LogP contribution in [0.25, 0.3) is 0 Å². The van der Waals surface area contributed by atoms with E-state index in [9.17, 15) is 0 Å². The van der Waals surface area contributed by atoms with E-state index in [2.05, 4.69) is 36.6 Å². The van der Waals surface area contributed by atoms with Crippen LogP contribution in [0.5, 0.6) is 0 Å². The molecule has 0 aromatic heterocycles. The zero-order valence-corrected chi connectivity index (χ0v) is 10.6. The summed E-state index contributed by atoms with van der Waals surface area (Å²) >= 11 is 0. The first-order valence-corrected chi connectivity index (χ1v) is 6.45. The Kier molecular flexibility index (Phi) is 6.66. The first-order chi connectivity index (χ1) is 7.88. The average molecular weight is 220 g/mol. The predicted octanol–water partition coefficient (Wildman–Crippen LogP) is 3.92. The molecule has 0 spiro atoms. The molecule has 0 saturated carbocycles. The van der Waals surface area contributed by atoms with Crippen molar-refractivity contribution in [2.75, 3.05) is 18.4 Å². The summed E-state index contributed by atoms with van der Waals surface area (Å²) in [6.45, 7) is 6.86. The minimum absolute atomic E-state index is 1.20. The molecule has 0 bridgehead atoms. The van der Waals surface area contributed by atoms with E-state index < -0.39 is 0 Å². The van der Waals surface area contributed by atoms with Gasteiger partial charge < -0.3 is 10.6 Å². The second-order valence-corrected chi connectivity index (χ2v) is 4.13. The van der Waals surface area contributed by atoms with E-state index in [-0.39, 0.29) is 0 Å². The van der Waals surface area contributed by atoms with Crippen molar-refractivity contribution in [3.05, 3.63) is 24.3 Å². The number of anilines is 2. The molecular weight excluding hydrogens is 196 g/mol. The van der Waals surface area contributed by atoms with Gasteiger partial charge in [-0.25, -0.2) is 0 Å². The summed E-state index contributed by atoms with van der Waals surface area (Å²) < 4.78 is 0. The van der Waals surface area contributed by atoms with E-state index >= 15 is 0 Å². The Balaban J connectivity index is 0.000000163. The van der Waals surface area contributed by atoms with Crippen molar-refractivity contribution >= 4 is 11.4 Å². The summed E-state index contributed by atoms with van der Waals surface area (Å²) in [7, 11) is 0. The third-order valence-corrected chi connectivity index (χ3v) is 2.55. The van der Waals surface area contributed by atoms with Crippen LogP contribution in [0.15, 0.2) is 24.3 Å². The molecule has 2 N–H and O–H groups in total. The molecule has 1 aliphatic rings. The molecule has 2 heteroatoms. The number of benzene rings is 1. The SMILES string of the molecule is CCCCNCCCC.c1ccc2c(c1)N2. The number of para-hydroxylation sites is 2. The molecular formula is C14H24N2. The van der Waals surface area contributed by atoms with E-state index in [4.69, 9.17) is 0 Å². The Bertz CT molecular complexity index is 257. The van der Waals surface area contributed by atoms with Gasteiger partial charge >= 0.3 is 0 Å². The van der Waals surface area contributed by atoms with Gasteiger partial charge in [-0.3, -0.25) is 0 Å². The number of fused-ring (bicyclic) bond motifs is 1. The monoisotopic (exact) mass is 220 g/mol. The van der Waals surface area contributed by atoms with E-state index in [1.54, 1.807) is 0 Å². The predicted molar refractivity (Wildman–Crippen MR) is 72.4 cm³/mol. The normalized spacial score (nSPS) is 10.9. The van der Waals surface area contributed by atoms with Crippen molar-refractivity contribution in [1.29, 1.82) is 0 Å². The number of hydrogen-bond acceptors (Lipinski definition) is 2. The van der Waals surface area contributed by atoms with Crippen LogP contribution in [0.4, 0.5) is 11.4 Å². The maximum Gasteiger partial charge on any atom is 0.0624 e. The lowest BCUT2D eigenvalue weighted by atomic mass is 10.3. The van der Waals surface area contributed by atoms with Crippen LogP contribution in [0.3, 0.4) is 0 Å². The van der Waals surface area contributed by atoms with Gasteiger partial charge in [0.2, 0.25) is 0 Å². The molecule has 2 nitrogen and oxygen atoms in total. The molecule has 1 aromatic rings. The molecule has 16 heavy (non-hydrogen) atoms. The summed E-state index contributed by atoms with van der Waals surface area (Å²) in [6.07, 6.45) is 5.26. The fraction of sp³-hybridized carbons (Fsp3) is 0.571. The van der Waals surface area contributed by atoms with Crippen LogP contribution in [0, 0.1) is 0 Å². The van der Waals surface area contributed by atoms with Crippen LogP contribution in [-0.2, 0) is 0 Å². The molecule has 1 heterocycles. The van der Waals surface area contributed by atoms with Gasteiger partial charge in [-0.05, 0) is 38.1 Å². The first-order valence-electron chi connectivity index (χ1n) is 6.45. The highest BCUT2D eigenvalue weighted by atomic mass is 15.0. The molecule has 2 rings (SSSR count). The van der Waals surface area contributed by atoms with Crippen molar-refractivity contribution < 1.29 is 0 Å². The molecule has 1 aliphatic heterocycles. The Morgan fingerprint density at radius 3 is 1.81 bits per heavy atom. The van der Waals surface area contributed by atoms with Gasteiger partial charge in [0.05, 0.1) is 11.4 Å². The molecule has 1 aromatic carbocycles. The van der Waals surface area contributed by atoms with E-state index in [1.165, 1.54) is 50.1 Å². The van der Waals surface area contributed by atoms with Crippen LogP contribution >= 0.6 is 0 Å². The minimum atomic E-state index is 1.20. The van der Waals surface area contributed by atoms with Gasteiger partial charge in [-0.2, -0.15) is 0 Å². The van der Waals surface area contributed by atoms with Gasteiger partial charge in [0, 0.05) is 0 Å². The molecule has 0 aliphatic carbocycles. The summed E-state index contributed by atoms with van der Waals surface area (Å²) in [5, 5.41) is 6.48. The van der Waals surface area contributed by atoms with Gasteiger partial charge in [0.15, 0.2) is 0 Å². The van der Waals surface area contributed by atoms with Crippen molar-refractivity contribution in [2.24, 2.45) is 0 Å². The minimum Gasteiger partial charge on any atom is -0.352 e. The maximum absolute atomic E-state index is 3.39. The van der Waals surface area contributed by atoms with E-state index in [1.807, 2.05) is 12.1 Å². The van der Waals surface area contributed by atoms with Crippen LogP contribution in [-0.4, -0.2) is 13.1 Å². The maximum atomic E-state index is 3.39. The first kappa shape index (κ1) is 13.0. The highest BCUT2D eigenvalue weighted by Crippen LogP contribution is 2.36. The lowest BCUT2D eigenvalue weighted by molar-refractivity contribution is 0.611. The Morgan fingerprint density at radius 1 is 0.938 bits per heavy atom. The Hall–Kier alpha value is -1.02. The van der Waals surface area contributed by atoms with Crippen LogP contribution < -0.4 is 10.6 Å². The smallest absolute Gasteiger partial charge is 0.0624 e. The van der Waals surface area contributed by atoms with Crippen LogP contribution in [0.2, 0.25) is 0 Å². The molecule has 0 amide bonds.